The number of fused-ring (bicyclic) bond motifs is 1. The molecular formula is C21H21N3O5. The predicted molar refractivity (Wildman–Crippen MR) is 109 cm³/mol. The minimum Gasteiger partial charge on any atom is -0.481 e. The van der Waals surface area contributed by atoms with E-state index in [1.807, 2.05) is 28.9 Å². The molecule has 1 aromatic carbocycles. The van der Waals surface area contributed by atoms with Crippen LogP contribution in [0.1, 0.15) is 22.5 Å². The van der Waals surface area contributed by atoms with E-state index in [1.54, 1.807) is 13.0 Å². The van der Waals surface area contributed by atoms with Gasteiger partial charge in [0.2, 0.25) is 0 Å². The van der Waals surface area contributed by atoms with Crippen LogP contribution in [-0.2, 0) is 16.1 Å². The van der Waals surface area contributed by atoms with Crippen LogP contribution in [0.25, 0.3) is 10.9 Å². The highest BCUT2D eigenvalue weighted by Gasteiger charge is 2.27. The minimum absolute atomic E-state index is 0.0872. The van der Waals surface area contributed by atoms with E-state index < -0.39 is 24.3 Å². The summed E-state index contributed by atoms with van der Waals surface area (Å²) in [7, 11) is 0. The highest BCUT2D eigenvalue weighted by molar-refractivity contribution is 6.45. The molecule has 3 rings (SSSR count). The number of hydrogen-bond acceptors (Lipinski definition) is 5. The second-order valence-corrected chi connectivity index (χ2v) is 6.64. The third-order valence-corrected chi connectivity index (χ3v) is 4.63. The number of hydrogen-bond donors (Lipinski definition) is 3. The number of carbonyl (C=O) groups is 3. The van der Waals surface area contributed by atoms with Crippen LogP contribution in [0.2, 0.25) is 0 Å². The van der Waals surface area contributed by atoms with Gasteiger partial charge >= 0.3 is 5.97 Å². The van der Waals surface area contributed by atoms with E-state index in [0.29, 0.717) is 28.8 Å². The predicted octanol–water partition coefficient (Wildman–Crippen LogP) is 2.11. The number of anilines is 1. The maximum atomic E-state index is 12.6. The zero-order valence-electron chi connectivity index (χ0n) is 15.8. The monoisotopic (exact) mass is 395 g/mol. The average molecular weight is 395 g/mol. The summed E-state index contributed by atoms with van der Waals surface area (Å²) in [5.41, 5.74) is 13.7. The number of ether oxygens (including phenoxy) is 1. The Bertz CT molecular complexity index is 1110. The number of carboxylic acid groups (broad SMARTS) is 1. The summed E-state index contributed by atoms with van der Waals surface area (Å²) in [6.45, 7) is 1.51. The molecule has 8 nitrogen and oxygen atoms in total. The number of aromatic nitrogens is 1. The molecule has 0 spiro atoms. The van der Waals surface area contributed by atoms with Gasteiger partial charge in [0, 0.05) is 24.0 Å². The molecule has 1 amide bonds. The quantitative estimate of drug-likeness (QED) is 0.373. The maximum absolute atomic E-state index is 12.6. The Morgan fingerprint density at radius 3 is 2.69 bits per heavy atom. The van der Waals surface area contributed by atoms with Gasteiger partial charge in [-0.1, -0.05) is 30.4 Å². The van der Waals surface area contributed by atoms with Gasteiger partial charge in [0.1, 0.15) is 5.75 Å². The Labute approximate surface area is 166 Å². The number of benzene rings is 1. The number of amides is 1. The molecule has 1 heterocycles. The Morgan fingerprint density at radius 1 is 1.24 bits per heavy atom. The summed E-state index contributed by atoms with van der Waals surface area (Å²) in [5, 5.41) is 9.28. The smallest absolute Gasteiger partial charge is 0.341 e. The number of ketones is 1. The number of rotatable bonds is 7. The Kier molecular flexibility index (Phi) is 5.54. The van der Waals surface area contributed by atoms with Crippen LogP contribution in [-0.4, -0.2) is 33.9 Å². The van der Waals surface area contributed by atoms with Gasteiger partial charge in [-0.2, -0.15) is 0 Å². The number of primary amides is 1. The second-order valence-electron chi connectivity index (χ2n) is 6.64. The van der Waals surface area contributed by atoms with E-state index in [0.717, 1.165) is 12.0 Å². The largest absolute Gasteiger partial charge is 0.481 e. The molecule has 5 N–H and O–H groups in total. The van der Waals surface area contributed by atoms with Crippen LogP contribution in [0.4, 0.5) is 5.69 Å². The number of allylic oxidation sites excluding steroid dienone is 6. The molecule has 0 atom stereocenters. The first-order chi connectivity index (χ1) is 13.8. The van der Waals surface area contributed by atoms with Crippen LogP contribution in [0.3, 0.4) is 0 Å². The fourth-order valence-electron chi connectivity index (χ4n) is 3.36. The third kappa shape index (κ3) is 4.06. The van der Waals surface area contributed by atoms with Crippen molar-refractivity contribution in [2.45, 2.75) is 19.9 Å². The lowest BCUT2D eigenvalue weighted by Crippen LogP contribution is -2.24. The van der Waals surface area contributed by atoms with Gasteiger partial charge in [0.25, 0.3) is 11.7 Å². The summed E-state index contributed by atoms with van der Waals surface area (Å²) >= 11 is 0. The lowest BCUT2D eigenvalue weighted by molar-refractivity contribution is -0.139. The van der Waals surface area contributed by atoms with Crippen molar-refractivity contribution in [2.75, 3.05) is 12.3 Å². The second kappa shape index (κ2) is 8.05. The van der Waals surface area contributed by atoms with Crippen molar-refractivity contribution >= 4 is 34.3 Å². The molecule has 0 saturated carbocycles. The average Bonchev–Trinajstić information content (AvgIpc) is 2.82. The van der Waals surface area contributed by atoms with Gasteiger partial charge in [0.15, 0.2) is 6.61 Å². The molecule has 2 aromatic rings. The Balaban J connectivity index is 2.24. The highest BCUT2D eigenvalue weighted by atomic mass is 16.5. The van der Waals surface area contributed by atoms with Crippen LogP contribution < -0.4 is 16.2 Å². The van der Waals surface area contributed by atoms with Crippen molar-refractivity contribution in [3.8, 4) is 5.75 Å². The molecule has 29 heavy (non-hydrogen) atoms. The molecule has 0 aliphatic heterocycles. The van der Waals surface area contributed by atoms with E-state index in [4.69, 9.17) is 21.3 Å². The summed E-state index contributed by atoms with van der Waals surface area (Å²) in [6, 6.07) is 3.09. The molecule has 150 valence electrons. The third-order valence-electron chi connectivity index (χ3n) is 4.63. The van der Waals surface area contributed by atoms with Gasteiger partial charge in [-0.05, 0) is 25.0 Å². The van der Waals surface area contributed by atoms with Gasteiger partial charge in [-0.25, -0.2) is 4.79 Å². The van der Waals surface area contributed by atoms with E-state index in [9.17, 15) is 14.4 Å². The number of nitrogens with two attached hydrogens (primary N) is 2. The van der Waals surface area contributed by atoms with E-state index in [-0.39, 0.29) is 11.3 Å². The molecule has 1 aromatic heterocycles. The summed E-state index contributed by atoms with van der Waals surface area (Å²) in [6.07, 6.45) is 10.7. The highest BCUT2D eigenvalue weighted by Crippen LogP contribution is 2.37. The molecule has 0 fully saturated rings. The van der Waals surface area contributed by atoms with Crippen molar-refractivity contribution in [3.63, 3.8) is 0 Å². The van der Waals surface area contributed by atoms with Crippen molar-refractivity contribution in [2.24, 2.45) is 5.73 Å². The number of nitrogen functional groups attached to an aromatic ring is 1. The normalized spacial score (nSPS) is 13.2. The summed E-state index contributed by atoms with van der Waals surface area (Å²) < 4.78 is 7.22. The Hall–Kier alpha value is -3.81. The van der Waals surface area contributed by atoms with E-state index >= 15 is 0 Å². The molecule has 1 aliphatic rings. The molecule has 1 aliphatic carbocycles. The topological polar surface area (TPSA) is 138 Å². The summed E-state index contributed by atoms with van der Waals surface area (Å²) in [5.74, 6) is -3.05. The number of Topliss-reactive ketones (excluding diaryl/α,β-unsaturated/α-hetero) is 1. The van der Waals surface area contributed by atoms with Crippen molar-refractivity contribution in [3.05, 3.63) is 59.3 Å². The molecule has 0 bridgehead atoms. The molecular weight excluding hydrogens is 374 g/mol. The van der Waals surface area contributed by atoms with E-state index in [2.05, 4.69) is 6.08 Å². The van der Waals surface area contributed by atoms with Crippen molar-refractivity contribution in [1.82, 2.24) is 4.57 Å². The van der Waals surface area contributed by atoms with Crippen molar-refractivity contribution < 1.29 is 24.2 Å². The van der Waals surface area contributed by atoms with Gasteiger partial charge < -0.3 is 25.9 Å². The first-order valence-electron chi connectivity index (χ1n) is 8.93. The standard InChI is InChI=1S/C21H21N3O5/c1-12-18(20(27)21(23)28)19-15(8-14(22)9-16(19)29-11-17(25)26)24(12)10-13-6-4-2-3-5-7-13/h2-4,6-9H,5,10-11,22H2,1H3,(H2,23,28)(H,25,26). The number of aliphatic carboxylic acids is 1. The molecule has 8 heteroatoms. The number of nitrogens with zero attached hydrogens (tertiary/aromatic N) is 1. The minimum atomic E-state index is -1.18. The van der Waals surface area contributed by atoms with E-state index in [1.165, 1.54) is 6.07 Å². The fraction of sp³-hybridized carbons (Fsp3) is 0.190. The number of carboxylic acids is 1. The lowest BCUT2D eigenvalue weighted by atomic mass is 10.0. The maximum Gasteiger partial charge on any atom is 0.341 e. The van der Waals surface area contributed by atoms with Crippen LogP contribution >= 0.6 is 0 Å². The summed E-state index contributed by atoms with van der Waals surface area (Å²) in [4.78, 5) is 35.2. The zero-order chi connectivity index (χ0) is 21.1. The molecule has 0 unspecified atom stereocenters. The van der Waals surface area contributed by atoms with Crippen LogP contribution in [0, 0.1) is 6.92 Å². The van der Waals surface area contributed by atoms with Gasteiger partial charge in [-0.3, -0.25) is 9.59 Å². The van der Waals surface area contributed by atoms with Crippen LogP contribution in [0.15, 0.2) is 48.1 Å². The van der Waals surface area contributed by atoms with Gasteiger partial charge in [0.05, 0.1) is 16.5 Å². The fourth-order valence-corrected chi connectivity index (χ4v) is 3.36. The molecule has 0 radical (unpaired) electrons. The van der Waals surface area contributed by atoms with Gasteiger partial charge in [-0.15, -0.1) is 0 Å². The van der Waals surface area contributed by atoms with Crippen molar-refractivity contribution in [1.29, 1.82) is 0 Å². The lowest BCUT2D eigenvalue weighted by Gasteiger charge is -2.11. The van der Waals surface area contributed by atoms with Crippen LogP contribution in [0.5, 0.6) is 5.75 Å². The molecule has 0 saturated heterocycles. The first-order valence-corrected chi connectivity index (χ1v) is 8.93. The Morgan fingerprint density at radius 2 is 2.00 bits per heavy atom. The zero-order valence-corrected chi connectivity index (χ0v) is 15.8. The first kappa shape index (κ1) is 19.9. The number of carbonyl (C=O) groups excluding carboxylic acids is 2. The SMILES string of the molecule is Cc1c(C(=O)C(N)=O)c2c(OCC(=O)O)cc(N)cc2n1CC1=CCC=CC=C1.